The van der Waals surface area contributed by atoms with E-state index in [2.05, 4.69) is 5.32 Å². The Bertz CT molecular complexity index is 2430. The lowest BCUT2D eigenvalue weighted by atomic mass is 9.44. The second-order valence-corrected chi connectivity index (χ2v) is 19.1. The summed E-state index contributed by atoms with van der Waals surface area (Å²) in [5, 5.41) is 72.9. The van der Waals surface area contributed by atoms with Gasteiger partial charge in [0.2, 0.25) is 0 Å². The van der Waals surface area contributed by atoms with E-state index in [9.17, 15) is 49.8 Å². The summed E-state index contributed by atoms with van der Waals surface area (Å²) >= 11 is 0. The molecule has 2 bridgehead atoms. The molecule has 2 saturated carbocycles. The number of aliphatic hydroxyl groups is 6. The Kier molecular flexibility index (Phi) is 13.3. The Morgan fingerprint density at radius 1 is 0.824 bits per heavy atom. The summed E-state index contributed by atoms with van der Waals surface area (Å²) in [5.41, 5.74) is -7.60. The van der Waals surface area contributed by atoms with Gasteiger partial charge in [0.15, 0.2) is 23.8 Å². The Morgan fingerprint density at radius 2 is 1.43 bits per heavy atom. The molecule has 7 N–H and O–H groups in total. The maximum atomic E-state index is 15.7. The largest absolute Gasteiger partial charge is 0.456 e. The number of rotatable bonds is 11. The number of hydrogen-bond donors (Lipinski definition) is 7. The highest BCUT2D eigenvalue weighted by molar-refractivity contribution is 5.95. The van der Waals surface area contributed by atoms with Crippen LogP contribution in [0, 0.1) is 16.7 Å². The van der Waals surface area contributed by atoms with E-state index >= 15 is 4.79 Å². The third kappa shape index (κ3) is 8.14. The fraction of sp³-hybridized carbons (Fsp3) is 0.500. The number of nitrogens with one attached hydrogen (secondary N) is 1. The van der Waals surface area contributed by atoms with Crippen molar-refractivity contribution in [2.75, 3.05) is 13.2 Å². The van der Waals surface area contributed by atoms with Gasteiger partial charge in [-0.05, 0) is 54.8 Å². The molecule has 364 valence electrons. The van der Waals surface area contributed by atoms with Crippen LogP contribution in [0.5, 0.6) is 0 Å². The summed E-state index contributed by atoms with van der Waals surface area (Å²) in [6.45, 7) is 6.21. The van der Waals surface area contributed by atoms with E-state index in [0.717, 1.165) is 6.92 Å². The van der Waals surface area contributed by atoms with Crippen LogP contribution in [0.15, 0.2) is 102 Å². The van der Waals surface area contributed by atoms with Crippen molar-refractivity contribution in [2.24, 2.45) is 16.7 Å². The van der Waals surface area contributed by atoms with Crippen molar-refractivity contribution in [2.45, 2.75) is 126 Å². The third-order valence-corrected chi connectivity index (χ3v) is 14.9. The molecule has 0 radical (unpaired) electrons. The van der Waals surface area contributed by atoms with Crippen LogP contribution in [0.25, 0.3) is 0 Å². The van der Waals surface area contributed by atoms with Gasteiger partial charge in [0.25, 0.3) is 5.91 Å². The summed E-state index contributed by atoms with van der Waals surface area (Å²) in [6, 6.07) is 22.7. The number of benzene rings is 3. The molecule has 0 aromatic heterocycles. The van der Waals surface area contributed by atoms with Crippen molar-refractivity contribution in [1.29, 1.82) is 0 Å². The first-order valence-corrected chi connectivity index (χ1v) is 22.5. The summed E-state index contributed by atoms with van der Waals surface area (Å²) in [7, 11) is 0. The van der Waals surface area contributed by atoms with E-state index in [1.54, 1.807) is 78.9 Å². The monoisotopic (exact) mass is 943 g/mol. The predicted octanol–water partition coefficient (Wildman–Crippen LogP) is 1.63. The SMILES string of the molecule is CC(=O)O[C@@]12CO[C@@H]1C[C@H](O[C@@H]1OC[C@H](O)[C@@H](O)[C@@H]1O)[C@@]1(C)C(=O)[C@H](O)C3=C(C)[C@@H](OC(=O)[C@H](O)[C@@H](NC(=O)c4ccccc4)c4ccccc4)C[C@@](O)([C@@H](OC(=O)c4ccccc4)C12)C3(C)C. The van der Waals surface area contributed by atoms with Gasteiger partial charge in [0, 0.05) is 30.7 Å². The van der Waals surface area contributed by atoms with Gasteiger partial charge in [-0.25, -0.2) is 9.59 Å². The topological polar surface area (TPSA) is 274 Å². The normalized spacial score (nSPS) is 36.0. The second-order valence-electron chi connectivity index (χ2n) is 19.1. The number of aliphatic hydroxyl groups excluding tert-OH is 5. The predicted molar refractivity (Wildman–Crippen MR) is 235 cm³/mol. The lowest BCUT2D eigenvalue weighted by molar-refractivity contribution is -0.366. The molecule has 15 atom stereocenters. The van der Waals surface area contributed by atoms with Gasteiger partial charge in [0.05, 0.1) is 42.3 Å². The molecular formula is C50H57NO17. The Balaban J connectivity index is 1.26. The highest BCUT2D eigenvalue weighted by atomic mass is 16.7. The van der Waals surface area contributed by atoms with Crippen molar-refractivity contribution in [1.82, 2.24) is 5.32 Å². The van der Waals surface area contributed by atoms with Crippen molar-refractivity contribution in [3.8, 4) is 0 Å². The van der Waals surface area contributed by atoms with Crippen LogP contribution in [0.2, 0.25) is 0 Å². The third-order valence-electron chi connectivity index (χ3n) is 14.9. The van der Waals surface area contributed by atoms with Crippen LogP contribution >= 0.6 is 0 Å². The number of esters is 3. The van der Waals surface area contributed by atoms with Gasteiger partial charge in [0.1, 0.15) is 48.3 Å². The fourth-order valence-corrected chi connectivity index (χ4v) is 11.2. The van der Waals surface area contributed by atoms with Gasteiger partial charge in [-0.15, -0.1) is 0 Å². The zero-order chi connectivity index (χ0) is 49.1. The van der Waals surface area contributed by atoms with Gasteiger partial charge in [-0.3, -0.25) is 14.4 Å². The van der Waals surface area contributed by atoms with Gasteiger partial charge >= 0.3 is 17.9 Å². The van der Waals surface area contributed by atoms with E-state index in [4.69, 9.17) is 28.4 Å². The maximum Gasteiger partial charge on any atom is 0.338 e. The van der Waals surface area contributed by atoms with E-state index in [-0.39, 0.29) is 35.3 Å². The van der Waals surface area contributed by atoms with Crippen LogP contribution in [0.1, 0.15) is 79.8 Å². The van der Waals surface area contributed by atoms with Crippen LogP contribution in [0.3, 0.4) is 0 Å². The van der Waals surface area contributed by atoms with E-state index in [0.29, 0.717) is 5.56 Å². The van der Waals surface area contributed by atoms with E-state index in [1.807, 2.05) is 0 Å². The zero-order valence-corrected chi connectivity index (χ0v) is 38.1. The number of amides is 1. The molecule has 18 heteroatoms. The molecule has 8 rings (SSSR count). The first-order valence-electron chi connectivity index (χ1n) is 22.5. The van der Waals surface area contributed by atoms with Crippen LogP contribution < -0.4 is 5.32 Å². The average Bonchev–Trinajstić information content (AvgIpc) is 3.31. The van der Waals surface area contributed by atoms with Crippen molar-refractivity contribution < 1.29 is 83.0 Å². The summed E-state index contributed by atoms with van der Waals surface area (Å²) in [6.07, 6.45) is -17.8. The highest BCUT2D eigenvalue weighted by Gasteiger charge is 2.78. The minimum atomic E-state index is -2.47. The molecule has 3 aliphatic carbocycles. The van der Waals surface area contributed by atoms with Crippen molar-refractivity contribution >= 4 is 29.6 Å². The molecule has 2 aliphatic heterocycles. The Morgan fingerprint density at radius 3 is 2.01 bits per heavy atom. The van der Waals surface area contributed by atoms with E-state index < -0.39 is 138 Å². The molecule has 0 spiro atoms. The number of ketones is 1. The first kappa shape index (κ1) is 49.0. The molecule has 1 amide bonds. The quantitative estimate of drug-likeness (QED) is 0.0818. The molecule has 4 fully saturated rings. The smallest absolute Gasteiger partial charge is 0.338 e. The summed E-state index contributed by atoms with van der Waals surface area (Å²) < 4.78 is 36.8. The lowest BCUT2D eigenvalue weighted by Crippen LogP contribution is -2.82. The van der Waals surface area contributed by atoms with Crippen molar-refractivity contribution in [3.63, 3.8) is 0 Å². The molecule has 68 heavy (non-hydrogen) atoms. The second kappa shape index (κ2) is 18.5. The number of Topliss-reactive ketones (excluding diaryl/α,β-unsaturated/α-hetero) is 1. The molecular weight excluding hydrogens is 887 g/mol. The molecule has 1 unspecified atom stereocenters. The van der Waals surface area contributed by atoms with Gasteiger partial charge < -0.3 is 64.4 Å². The number of fused-ring (bicyclic) bond motifs is 5. The minimum Gasteiger partial charge on any atom is -0.456 e. The number of carbonyl (C=O) groups is 5. The van der Waals surface area contributed by atoms with Crippen LogP contribution in [0.4, 0.5) is 0 Å². The summed E-state index contributed by atoms with van der Waals surface area (Å²) in [5.74, 6) is -6.29. The summed E-state index contributed by atoms with van der Waals surface area (Å²) in [4.78, 5) is 71.3. The molecule has 2 saturated heterocycles. The standard InChI is InChI=1S/C50H57NO17/c1-25-31(65-45(61)38(56)35(27-15-9-6-10-16-27)51-43(59)28-17-11-7-12-18-28)22-50(62)42(67-44(60)29-19-13-8-14-20-29)40-48(5,41(58)37(55)34(25)47(50,3)4)32(21-33-49(40,24-64-33)68-26(2)52)66-46-39(57)36(54)30(53)23-63-46/h6-20,30-33,35-40,42,46,53-57,62H,21-24H2,1-5H3,(H,51,59)/t30-,31-,32-,33+,35-,36+,37+,38+,39-,40?,42-,46-,48+,49-,50+/m0/s1. The number of carbonyl (C=O) groups excluding carboxylic acids is 5. The number of hydrogen-bond acceptors (Lipinski definition) is 17. The highest BCUT2D eigenvalue weighted by Crippen LogP contribution is 2.65. The van der Waals surface area contributed by atoms with Crippen LogP contribution in [-0.4, -0.2) is 146 Å². The molecule has 3 aromatic rings. The minimum absolute atomic E-state index is 0.0280. The average molecular weight is 944 g/mol. The maximum absolute atomic E-state index is 15.7. The molecule has 18 nitrogen and oxygen atoms in total. The van der Waals surface area contributed by atoms with Crippen LogP contribution in [-0.2, 0) is 42.8 Å². The van der Waals surface area contributed by atoms with Gasteiger partial charge in [-0.2, -0.15) is 0 Å². The fourth-order valence-electron chi connectivity index (χ4n) is 11.2. The molecule has 3 aromatic carbocycles. The number of ether oxygens (including phenoxy) is 6. The lowest BCUT2D eigenvalue weighted by Gasteiger charge is -2.68. The molecule has 2 heterocycles. The zero-order valence-electron chi connectivity index (χ0n) is 38.1. The Hall–Kier alpha value is -5.41. The Labute approximate surface area is 391 Å². The first-order chi connectivity index (χ1) is 32.2. The van der Waals surface area contributed by atoms with Gasteiger partial charge in [-0.1, -0.05) is 80.6 Å². The molecule has 5 aliphatic rings. The van der Waals surface area contributed by atoms with E-state index in [1.165, 1.54) is 39.8 Å². The van der Waals surface area contributed by atoms with Crippen molar-refractivity contribution in [3.05, 3.63) is 119 Å².